The summed E-state index contributed by atoms with van der Waals surface area (Å²) < 4.78 is 0. The molecular formula is C25H42N6O. The SMILES string of the molecule is CCNC(=NCCCCN1CCC(C(N)=O)CC1)NC1CC(C)N(Cc2ccccc2)C1. The zero-order chi connectivity index (χ0) is 22.8. The molecule has 0 bridgehead atoms. The molecule has 178 valence electrons. The van der Waals surface area contributed by atoms with Crippen molar-refractivity contribution in [1.82, 2.24) is 20.4 Å². The van der Waals surface area contributed by atoms with E-state index in [1.165, 1.54) is 5.56 Å². The molecule has 2 saturated heterocycles. The number of guanidine groups is 1. The maximum Gasteiger partial charge on any atom is 0.220 e. The molecule has 2 aliphatic rings. The van der Waals surface area contributed by atoms with E-state index in [1.54, 1.807) is 0 Å². The lowest BCUT2D eigenvalue weighted by molar-refractivity contribution is -0.123. The minimum atomic E-state index is -0.137. The van der Waals surface area contributed by atoms with Gasteiger partial charge >= 0.3 is 0 Å². The van der Waals surface area contributed by atoms with Gasteiger partial charge in [0.25, 0.3) is 0 Å². The minimum absolute atomic E-state index is 0.0755. The first kappa shape index (κ1) is 24.5. The molecule has 0 saturated carbocycles. The van der Waals surface area contributed by atoms with Crippen LogP contribution in [0.5, 0.6) is 0 Å². The predicted molar refractivity (Wildman–Crippen MR) is 131 cm³/mol. The molecule has 0 spiro atoms. The monoisotopic (exact) mass is 442 g/mol. The first-order chi connectivity index (χ1) is 15.5. The average molecular weight is 443 g/mol. The second-order valence-corrected chi connectivity index (χ2v) is 9.33. The highest BCUT2D eigenvalue weighted by molar-refractivity contribution is 5.80. The van der Waals surface area contributed by atoms with Crippen molar-refractivity contribution in [2.24, 2.45) is 16.6 Å². The number of nitrogens with zero attached hydrogens (tertiary/aromatic N) is 3. The largest absolute Gasteiger partial charge is 0.369 e. The van der Waals surface area contributed by atoms with Gasteiger partial charge in [0.05, 0.1) is 0 Å². The number of aliphatic imine (C=N–C) groups is 1. The Morgan fingerprint density at radius 3 is 2.62 bits per heavy atom. The molecule has 7 nitrogen and oxygen atoms in total. The van der Waals surface area contributed by atoms with E-state index in [4.69, 9.17) is 10.7 Å². The summed E-state index contributed by atoms with van der Waals surface area (Å²) in [5.41, 5.74) is 6.80. The molecule has 0 aromatic heterocycles. The molecule has 2 atom stereocenters. The number of primary amides is 1. The van der Waals surface area contributed by atoms with Crippen LogP contribution in [-0.4, -0.2) is 73.0 Å². The van der Waals surface area contributed by atoms with Gasteiger partial charge in [-0.3, -0.25) is 14.7 Å². The van der Waals surface area contributed by atoms with Gasteiger partial charge in [-0.1, -0.05) is 30.3 Å². The summed E-state index contributed by atoms with van der Waals surface area (Å²) in [5.74, 6) is 0.877. The molecule has 0 radical (unpaired) electrons. The Morgan fingerprint density at radius 1 is 1.19 bits per heavy atom. The van der Waals surface area contributed by atoms with Crippen LogP contribution in [0.25, 0.3) is 0 Å². The van der Waals surface area contributed by atoms with Gasteiger partial charge < -0.3 is 21.3 Å². The Hall–Kier alpha value is -2.12. The number of unbranched alkanes of at least 4 members (excludes halogenated alkanes) is 1. The molecule has 32 heavy (non-hydrogen) atoms. The van der Waals surface area contributed by atoms with Gasteiger partial charge in [-0.2, -0.15) is 0 Å². The second kappa shape index (κ2) is 12.8. The first-order valence-corrected chi connectivity index (χ1v) is 12.4. The van der Waals surface area contributed by atoms with Crippen molar-refractivity contribution in [3.8, 4) is 0 Å². The summed E-state index contributed by atoms with van der Waals surface area (Å²) in [7, 11) is 0. The molecule has 2 fully saturated rings. The summed E-state index contributed by atoms with van der Waals surface area (Å²) in [6, 6.07) is 11.7. The van der Waals surface area contributed by atoms with Crippen molar-refractivity contribution in [1.29, 1.82) is 0 Å². The molecule has 7 heteroatoms. The lowest BCUT2D eigenvalue weighted by Crippen LogP contribution is -2.44. The van der Waals surface area contributed by atoms with Crippen molar-refractivity contribution in [2.45, 2.75) is 64.6 Å². The van der Waals surface area contributed by atoms with E-state index in [9.17, 15) is 4.79 Å². The summed E-state index contributed by atoms with van der Waals surface area (Å²) in [6.45, 7) is 11.2. The molecule has 1 aromatic rings. The smallest absolute Gasteiger partial charge is 0.220 e. The van der Waals surface area contributed by atoms with Crippen LogP contribution < -0.4 is 16.4 Å². The zero-order valence-corrected chi connectivity index (χ0v) is 19.9. The van der Waals surface area contributed by atoms with Gasteiger partial charge in [-0.15, -0.1) is 0 Å². The van der Waals surface area contributed by atoms with Crippen LogP contribution in [0.15, 0.2) is 35.3 Å². The van der Waals surface area contributed by atoms with Crippen LogP contribution >= 0.6 is 0 Å². The maximum absolute atomic E-state index is 11.3. The van der Waals surface area contributed by atoms with E-state index in [-0.39, 0.29) is 11.8 Å². The number of nitrogens with one attached hydrogen (secondary N) is 2. The fraction of sp³-hybridized carbons (Fsp3) is 0.680. The first-order valence-electron chi connectivity index (χ1n) is 12.4. The van der Waals surface area contributed by atoms with Crippen LogP contribution in [0.1, 0.15) is 51.5 Å². The Bertz CT molecular complexity index is 716. The van der Waals surface area contributed by atoms with Gasteiger partial charge in [-0.25, -0.2) is 0 Å². The van der Waals surface area contributed by atoms with Crippen LogP contribution in [0.3, 0.4) is 0 Å². The molecule has 4 N–H and O–H groups in total. The van der Waals surface area contributed by atoms with Crippen LogP contribution in [0.4, 0.5) is 0 Å². The normalized spacial score (nSPS) is 23.4. The third-order valence-corrected chi connectivity index (χ3v) is 6.76. The molecule has 1 aromatic carbocycles. The number of rotatable bonds is 10. The Kier molecular flexibility index (Phi) is 9.81. The van der Waals surface area contributed by atoms with E-state index in [1.807, 2.05) is 0 Å². The van der Waals surface area contributed by atoms with Gasteiger partial charge in [-0.05, 0) is 71.1 Å². The van der Waals surface area contributed by atoms with E-state index in [2.05, 4.69) is 64.6 Å². The lowest BCUT2D eigenvalue weighted by Gasteiger charge is -2.30. The van der Waals surface area contributed by atoms with Crippen LogP contribution in [0, 0.1) is 5.92 Å². The number of piperidine rings is 1. The number of amides is 1. The summed E-state index contributed by atoms with van der Waals surface area (Å²) in [6.07, 6.45) is 5.16. The quantitative estimate of drug-likeness (QED) is 0.294. The Morgan fingerprint density at radius 2 is 1.94 bits per heavy atom. The topological polar surface area (TPSA) is 86.0 Å². The van der Waals surface area contributed by atoms with Crippen molar-refractivity contribution in [3.63, 3.8) is 0 Å². The number of likely N-dealkylation sites (tertiary alicyclic amines) is 2. The van der Waals surface area contributed by atoms with Crippen LogP contribution in [-0.2, 0) is 11.3 Å². The third-order valence-electron chi connectivity index (χ3n) is 6.76. The Balaban J connectivity index is 1.37. The molecule has 1 amide bonds. The lowest BCUT2D eigenvalue weighted by atomic mass is 9.96. The highest BCUT2D eigenvalue weighted by Gasteiger charge is 2.29. The highest BCUT2D eigenvalue weighted by Crippen LogP contribution is 2.20. The van der Waals surface area contributed by atoms with E-state index < -0.39 is 0 Å². The number of carbonyl (C=O) groups excluding carboxylic acids is 1. The maximum atomic E-state index is 11.3. The number of hydrogen-bond acceptors (Lipinski definition) is 4. The summed E-state index contributed by atoms with van der Waals surface area (Å²) in [4.78, 5) is 21.1. The minimum Gasteiger partial charge on any atom is -0.369 e. The number of carbonyl (C=O) groups is 1. The van der Waals surface area contributed by atoms with E-state index in [0.717, 1.165) is 83.9 Å². The van der Waals surface area contributed by atoms with Crippen molar-refractivity contribution in [3.05, 3.63) is 35.9 Å². The highest BCUT2D eigenvalue weighted by atomic mass is 16.1. The second-order valence-electron chi connectivity index (χ2n) is 9.33. The molecule has 0 aliphatic carbocycles. The van der Waals surface area contributed by atoms with Crippen molar-refractivity contribution in [2.75, 3.05) is 39.3 Å². The van der Waals surface area contributed by atoms with Gasteiger partial charge in [0, 0.05) is 44.2 Å². The molecular weight excluding hydrogens is 400 g/mol. The summed E-state index contributed by atoms with van der Waals surface area (Å²) in [5, 5.41) is 7.07. The number of nitrogens with two attached hydrogens (primary N) is 1. The zero-order valence-electron chi connectivity index (χ0n) is 19.9. The number of benzene rings is 1. The van der Waals surface area contributed by atoms with Crippen LogP contribution in [0.2, 0.25) is 0 Å². The fourth-order valence-electron chi connectivity index (χ4n) is 4.83. The van der Waals surface area contributed by atoms with Gasteiger partial charge in [0.2, 0.25) is 5.91 Å². The number of hydrogen-bond donors (Lipinski definition) is 3. The predicted octanol–water partition coefficient (Wildman–Crippen LogP) is 2.18. The van der Waals surface area contributed by atoms with E-state index in [0.29, 0.717) is 12.1 Å². The van der Waals surface area contributed by atoms with Crippen molar-refractivity contribution >= 4 is 11.9 Å². The van der Waals surface area contributed by atoms with Gasteiger partial charge in [0.1, 0.15) is 0 Å². The average Bonchev–Trinajstić information content (AvgIpc) is 3.13. The summed E-state index contributed by atoms with van der Waals surface area (Å²) >= 11 is 0. The fourth-order valence-corrected chi connectivity index (χ4v) is 4.83. The standard InChI is InChI=1S/C25H42N6O/c1-3-27-25(28-13-7-8-14-30-15-11-22(12-16-30)24(26)32)29-23-17-20(2)31(19-23)18-21-9-5-4-6-10-21/h4-6,9-10,20,22-23H,3,7-8,11-19H2,1-2H3,(H2,26,32)(H2,27,28,29). The molecule has 2 heterocycles. The third kappa shape index (κ3) is 7.78. The van der Waals surface area contributed by atoms with Gasteiger partial charge in [0.15, 0.2) is 5.96 Å². The molecule has 2 aliphatic heterocycles. The van der Waals surface area contributed by atoms with E-state index >= 15 is 0 Å². The van der Waals surface area contributed by atoms with Crippen molar-refractivity contribution < 1.29 is 4.79 Å². The Labute approximate surface area is 193 Å². The molecule has 3 rings (SSSR count). The molecule has 2 unspecified atom stereocenters.